The Morgan fingerprint density at radius 2 is 1.90 bits per heavy atom. The summed E-state index contributed by atoms with van der Waals surface area (Å²) < 4.78 is 12.2. The van der Waals surface area contributed by atoms with E-state index in [2.05, 4.69) is 5.32 Å². The number of nitrogens with zero attached hydrogens (tertiary/aromatic N) is 1. The molecule has 0 aliphatic rings. The minimum atomic E-state index is -0.0350. The van der Waals surface area contributed by atoms with Gasteiger partial charge in [0.05, 0.1) is 25.9 Å². The molecule has 1 aromatic heterocycles. The zero-order valence-corrected chi connectivity index (χ0v) is 12.7. The van der Waals surface area contributed by atoms with Gasteiger partial charge in [-0.2, -0.15) is 0 Å². The first kappa shape index (κ1) is 15.0. The predicted molar refractivity (Wildman–Crippen MR) is 83.3 cm³/mol. The van der Waals surface area contributed by atoms with Crippen LogP contribution in [-0.4, -0.2) is 18.8 Å². The molecule has 1 atom stereocenters. The summed E-state index contributed by atoms with van der Waals surface area (Å²) in [5, 5.41) is 3.36. The highest BCUT2D eigenvalue weighted by molar-refractivity contribution is 5.48. The smallest absolute Gasteiger partial charge is 0.250 e. The van der Waals surface area contributed by atoms with E-state index >= 15 is 0 Å². The maximum absolute atomic E-state index is 11.4. The van der Waals surface area contributed by atoms with E-state index in [1.165, 1.54) is 10.6 Å². The molecule has 5 nitrogen and oxygen atoms in total. The zero-order valence-electron chi connectivity index (χ0n) is 12.7. The summed E-state index contributed by atoms with van der Waals surface area (Å²) in [5.74, 6) is 1.57. The molecule has 21 heavy (non-hydrogen) atoms. The summed E-state index contributed by atoms with van der Waals surface area (Å²) in [4.78, 5) is 11.4. The van der Waals surface area contributed by atoms with E-state index in [0.717, 1.165) is 22.7 Å². The maximum Gasteiger partial charge on any atom is 0.250 e. The minimum Gasteiger partial charge on any atom is -0.497 e. The largest absolute Gasteiger partial charge is 0.497 e. The van der Waals surface area contributed by atoms with Gasteiger partial charge < -0.3 is 19.4 Å². The Kier molecular flexibility index (Phi) is 4.52. The van der Waals surface area contributed by atoms with E-state index in [1.807, 2.05) is 25.1 Å². The maximum atomic E-state index is 11.4. The van der Waals surface area contributed by atoms with Crippen molar-refractivity contribution in [3.05, 3.63) is 52.4 Å². The summed E-state index contributed by atoms with van der Waals surface area (Å²) >= 11 is 0. The van der Waals surface area contributed by atoms with Crippen molar-refractivity contribution in [1.29, 1.82) is 0 Å². The second kappa shape index (κ2) is 6.35. The lowest BCUT2D eigenvalue weighted by Crippen LogP contribution is -2.16. The Hall–Kier alpha value is -2.43. The molecule has 2 aromatic rings. The van der Waals surface area contributed by atoms with Gasteiger partial charge in [0.1, 0.15) is 11.5 Å². The molecule has 0 aliphatic heterocycles. The fraction of sp³-hybridized carbons (Fsp3) is 0.312. The number of benzene rings is 1. The van der Waals surface area contributed by atoms with E-state index < -0.39 is 0 Å². The standard InChI is InChI=1S/C16H20N2O3/c1-11(17-12-5-8-16(19)18(2)10-12)14-9-13(20-3)6-7-15(14)21-4/h5-11,17H,1-4H3. The molecule has 1 N–H and O–H groups in total. The highest BCUT2D eigenvalue weighted by Crippen LogP contribution is 2.30. The fourth-order valence-corrected chi connectivity index (χ4v) is 2.18. The Labute approximate surface area is 124 Å². The summed E-state index contributed by atoms with van der Waals surface area (Å²) in [6.45, 7) is 2.03. The first-order chi connectivity index (χ1) is 10.0. The number of methoxy groups -OCH3 is 2. The van der Waals surface area contributed by atoms with E-state index in [9.17, 15) is 4.79 Å². The van der Waals surface area contributed by atoms with Crippen LogP contribution in [0.4, 0.5) is 5.69 Å². The quantitative estimate of drug-likeness (QED) is 0.918. The summed E-state index contributed by atoms with van der Waals surface area (Å²) in [6, 6.07) is 9.00. The Balaban J connectivity index is 2.28. The normalized spacial score (nSPS) is 11.8. The summed E-state index contributed by atoms with van der Waals surface area (Å²) in [7, 11) is 5.01. The molecule has 112 valence electrons. The minimum absolute atomic E-state index is 0.00699. The number of ether oxygens (including phenoxy) is 2. The van der Waals surface area contributed by atoms with Gasteiger partial charge in [-0.25, -0.2) is 0 Å². The number of nitrogens with one attached hydrogen (secondary N) is 1. The van der Waals surface area contributed by atoms with Crippen molar-refractivity contribution in [2.24, 2.45) is 7.05 Å². The second-order valence-corrected chi connectivity index (χ2v) is 4.84. The summed E-state index contributed by atoms with van der Waals surface area (Å²) in [5.41, 5.74) is 1.83. The van der Waals surface area contributed by atoms with Crippen LogP contribution in [0, 0.1) is 0 Å². The van der Waals surface area contributed by atoms with Gasteiger partial charge in [0, 0.05) is 24.9 Å². The zero-order chi connectivity index (χ0) is 15.4. The first-order valence-corrected chi connectivity index (χ1v) is 6.70. The Morgan fingerprint density at radius 1 is 1.14 bits per heavy atom. The van der Waals surface area contributed by atoms with Crippen molar-refractivity contribution in [2.75, 3.05) is 19.5 Å². The lowest BCUT2D eigenvalue weighted by Gasteiger charge is -2.19. The average Bonchev–Trinajstić information content (AvgIpc) is 2.50. The third kappa shape index (κ3) is 3.37. The van der Waals surface area contributed by atoms with E-state index in [4.69, 9.17) is 9.47 Å². The lowest BCUT2D eigenvalue weighted by atomic mass is 10.1. The topological polar surface area (TPSA) is 52.5 Å². The van der Waals surface area contributed by atoms with Crippen LogP contribution in [-0.2, 0) is 7.05 Å². The molecular formula is C16H20N2O3. The Bertz CT molecular complexity index is 679. The molecule has 1 heterocycles. The van der Waals surface area contributed by atoms with Crippen molar-refractivity contribution >= 4 is 5.69 Å². The van der Waals surface area contributed by atoms with Crippen LogP contribution < -0.4 is 20.3 Å². The van der Waals surface area contributed by atoms with Gasteiger partial charge in [-0.1, -0.05) is 0 Å². The molecule has 1 unspecified atom stereocenters. The average molecular weight is 288 g/mol. The van der Waals surface area contributed by atoms with Gasteiger partial charge in [0.25, 0.3) is 0 Å². The second-order valence-electron chi connectivity index (χ2n) is 4.84. The van der Waals surface area contributed by atoms with Crippen LogP contribution in [0.2, 0.25) is 0 Å². The van der Waals surface area contributed by atoms with Crippen LogP contribution in [0.5, 0.6) is 11.5 Å². The van der Waals surface area contributed by atoms with E-state index in [1.54, 1.807) is 33.5 Å². The first-order valence-electron chi connectivity index (χ1n) is 6.70. The molecule has 5 heteroatoms. The number of rotatable bonds is 5. The Morgan fingerprint density at radius 3 is 2.52 bits per heavy atom. The molecule has 0 spiro atoms. The van der Waals surface area contributed by atoms with Crippen molar-refractivity contribution in [3.63, 3.8) is 0 Å². The van der Waals surface area contributed by atoms with Gasteiger partial charge in [0.2, 0.25) is 5.56 Å². The summed E-state index contributed by atoms with van der Waals surface area (Å²) in [6.07, 6.45) is 1.77. The monoisotopic (exact) mass is 288 g/mol. The lowest BCUT2D eigenvalue weighted by molar-refractivity contribution is 0.397. The van der Waals surface area contributed by atoms with Gasteiger partial charge in [-0.15, -0.1) is 0 Å². The number of hydrogen-bond donors (Lipinski definition) is 1. The number of pyridine rings is 1. The number of aromatic nitrogens is 1. The molecule has 0 fully saturated rings. The number of aryl methyl sites for hydroxylation is 1. The van der Waals surface area contributed by atoms with Crippen molar-refractivity contribution in [2.45, 2.75) is 13.0 Å². The third-order valence-corrected chi connectivity index (χ3v) is 3.37. The van der Waals surface area contributed by atoms with E-state index in [-0.39, 0.29) is 11.6 Å². The molecule has 0 saturated carbocycles. The van der Waals surface area contributed by atoms with Gasteiger partial charge in [-0.05, 0) is 31.2 Å². The molecule has 2 rings (SSSR count). The molecule has 1 aromatic carbocycles. The van der Waals surface area contributed by atoms with Crippen molar-refractivity contribution in [3.8, 4) is 11.5 Å². The number of anilines is 1. The molecule has 0 bridgehead atoms. The van der Waals surface area contributed by atoms with E-state index in [0.29, 0.717) is 0 Å². The van der Waals surface area contributed by atoms with Crippen molar-refractivity contribution < 1.29 is 9.47 Å². The molecule has 0 saturated heterocycles. The highest BCUT2D eigenvalue weighted by atomic mass is 16.5. The van der Waals surface area contributed by atoms with Crippen LogP contribution in [0.1, 0.15) is 18.5 Å². The van der Waals surface area contributed by atoms with Crippen LogP contribution in [0.25, 0.3) is 0 Å². The molecule has 0 aliphatic carbocycles. The van der Waals surface area contributed by atoms with Gasteiger partial charge in [-0.3, -0.25) is 4.79 Å². The highest BCUT2D eigenvalue weighted by Gasteiger charge is 2.13. The van der Waals surface area contributed by atoms with Crippen LogP contribution in [0.3, 0.4) is 0 Å². The van der Waals surface area contributed by atoms with Crippen molar-refractivity contribution in [1.82, 2.24) is 4.57 Å². The van der Waals surface area contributed by atoms with Gasteiger partial charge >= 0.3 is 0 Å². The predicted octanol–water partition coefficient (Wildman–Crippen LogP) is 2.58. The van der Waals surface area contributed by atoms with Gasteiger partial charge in [0.15, 0.2) is 0 Å². The molecular weight excluding hydrogens is 268 g/mol. The molecule has 0 amide bonds. The number of hydrogen-bond acceptors (Lipinski definition) is 4. The van der Waals surface area contributed by atoms with Crippen LogP contribution >= 0.6 is 0 Å². The molecule has 0 radical (unpaired) electrons. The fourth-order valence-electron chi connectivity index (χ4n) is 2.18. The third-order valence-electron chi connectivity index (χ3n) is 3.37. The SMILES string of the molecule is COc1ccc(OC)c(C(C)Nc2ccc(=O)n(C)c2)c1. The van der Waals surface area contributed by atoms with Crippen LogP contribution in [0.15, 0.2) is 41.3 Å².